The molecule has 0 amide bonds. The standard InChI is InChI=1S/C22H20ClF2N3O6S2/c23-13-1-3-14(4-2-13)36(31,32)22-8-9-33-18(7-10-35(29,30)19-11-26-28-27-19)15(22)12-34-21-17(25)6-5-16(24)20(21)22/h1-6,11,15,18H,7-10,12H2,(H,26,27,28)/t15-,18-,22-/m0/s1. The molecular weight excluding hydrogens is 540 g/mol. The van der Waals surface area contributed by atoms with Crippen LogP contribution < -0.4 is 4.74 Å². The van der Waals surface area contributed by atoms with Crippen LogP contribution in [0.25, 0.3) is 0 Å². The number of aromatic nitrogens is 3. The van der Waals surface area contributed by atoms with Crippen molar-refractivity contribution in [1.29, 1.82) is 0 Å². The molecule has 0 unspecified atom stereocenters. The zero-order chi connectivity index (χ0) is 25.7. The third kappa shape index (κ3) is 3.88. The molecule has 0 saturated carbocycles. The van der Waals surface area contributed by atoms with Gasteiger partial charge in [-0.3, -0.25) is 0 Å². The quantitative estimate of drug-likeness (QED) is 0.488. The Labute approximate surface area is 210 Å². The van der Waals surface area contributed by atoms with Crippen molar-refractivity contribution < 1.29 is 35.1 Å². The predicted octanol–water partition coefficient (Wildman–Crippen LogP) is 3.07. The van der Waals surface area contributed by atoms with E-state index in [0.29, 0.717) is 5.02 Å². The SMILES string of the molecule is O=S(=O)(CC[C@@H]1OCC[C@@]2(S(=O)(=O)c3ccc(Cl)cc3)c3c(F)ccc(F)c3OC[C@@H]12)c1cn[nH]n1. The minimum Gasteiger partial charge on any atom is -0.490 e. The van der Waals surface area contributed by atoms with E-state index in [1.807, 2.05) is 0 Å². The van der Waals surface area contributed by atoms with Crippen molar-refractivity contribution in [1.82, 2.24) is 15.4 Å². The second-order valence-corrected chi connectivity index (χ2v) is 13.3. The highest BCUT2D eigenvalue weighted by Crippen LogP contribution is 2.56. The van der Waals surface area contributed by atoms with Crippen LogP contribution in [0.3, 0.4) is 0 Å². The zero-order valence-corrected chi connectivity index (χ0v) is 20.9. The number of sulfone groups is 2. The predicted molar refractivity (Wildman–Crippen MR) is 123 cm³/mol. The van der Waals surface area contributed by atoms with Crippen LogP contribution >= 0.6 is 11.6 Å². The molecular formula is C22H20ClF2N3O6S2. The van der Waals surface area contributed by atoms with Gasteiger partial charge in [0.25, 0.3) is 0 Å². The largest absolute Gasteiger partial charge is 0.490 e. The molecule has 0 radical (unpaired) electrons. The maximum absolute atomic E-state index is 15.4. The molecule has 36 heavy (non-hydrogen) atoms. The van der Waals surface area contributed by atoms with Crippen LogP contribution in [0.4, 0.5) is 8.78 Å². The first-order valence-electron chi connectivity index (χ1n) is 10.9. The summed E-state index contributed by atoms with van der Waals surface area (Å²) < 4.78 is 93.4. The molecule has 0 bridgehead atoms. The molecule has 192 valence electrons. The minimum absolute atomic E-state index is 0.132. The summed E-state index contributed by atoms with van der Waals surface area (Å²) in [6.07, 6.45) is -0.220. The maximum Gasteiger partial charge on any atom is 0.199 e. The van der Waals surface area contributed by atoms with Gasteiger partial charge in [-0.25, -0.2) is 25.6 Å². The summed E-state index contributed by atoms with van der Waals surface area (Å²) in [6.45, 7) is -0.456. The number of aromatic amines is 1. The fourth-order valence-electron chi connectivity index (χ4n) is 5.05. The number of halogens is 3. The molecule has 2 aliphatic heterocycles. The third-order valence-electron chi connectivity index (χ3n) is 6.73. The molecule has 3 atom stereocenters. The van der Waals surface area contributed by atoms with Gasteiger partial charge in [0.05, 0.1) is 35.1 Å². The Morgan fingerprint density at radius 2 is 1.81 bits per heavy atom. The fourth-order valence-corrected chi connectivity index (χ4v) is 8.67. The van der Waals surface area contributed by atoms with E-state index in [1.54, 1.807) is 0 Å². The van der Waals surface area contributed by atoms with Crippen LogP contribution in [0.2, 0.25) is 5.02 Å². The number of H-pyrrole nitrogens is 1. The number of ether oxygens (including phenoxy) is 2. The molecule has 14 heteroatoms. The van der Waals surface area contributed by atoms with Gasteiger partial charge in [-0.2, -0.15) is 10.3 Å². The number of hydrogen-bond acceptors (Lipinski definition) is 8. The molecule has 9 nitrogen and oxygen atoms in total. The summed E-state index contributed by atoms with van der Waals surface area (Å²) in [5, 5.41) is 9.37. The van der Waals surface area contributed by atoms with Gasteiger partial charge < -0.3 is 9.47 Å². The summed E-state index contributed by atoms with van der Waals surface area (Å²) in [6, 6.07) is 7.12. The average Bonchev–Trinajstić information content (AvgIpc) is 3.41. The molecule has 1 fully saturated rings. The van der Waals surface area contributed by atoms with E-state index in [1.165, 1.54) is 24.3 Å². The topological polar surface area (TPSA) is 128 Å². The molecule has 0 aliphatic carbocycles. The molecule has 3 aromatic rings. The van der Waals surface area contributed by atoms with Gasteiger partial charge in [0.1, 0.15) is 10.6 Å². The summed E-state index contributed by atoms with van der Waals surface area (Å²) in [5.74, 6) is -3.78. The first-order valence-corrected chi connectivity index (χ1v) is 14.4. The van der Waals surface area contributed by atoms with Gasteiger partial charge in [0.15, 0.2) is 36.3 Å². The molecule has 2 aromatic carbocycles. The van der Waals surface area contributed by atoms with E-state index in [-0.39, 0.29) is 36.0 Å². The number of benzene rings is 2. The molecule has 0 spiro atoms. The Bertz CT molecular complexity index is 1500. The van der Waals surface area contributed by atoms with Gasteiger partial charge in [-0.15, -0.1) is 5.10 Å². The average molecular weight is 560 g/mol. The lowest BCUT2D eigenvalue weighted by Gasteiger charge is -2.50. The van der Waals surface area contributed by atoms with Crippen LogP contribution in [0, 0.1) is 17.6 Å². The van der Waals surface area contributed by atoms with Gasteiger partial charge in [0, 0.05) is 17.5 Å². The van der Waals surface area contributed by atoms with Crippen LogP contribution in [0.1, 0.15) is 18.4 Å². The smallest absolute Gasteiger partial charge is 0.199 e. The first kappa shape index (κ1) is 25.1. The number of rotatable bonds is 6. The Morgan fingerprint density at radius 1 is 1.08 bits per heavy atom. The van der Waals surface area contributed by atoms with Gasteiger partial charge in [-0.1, -0.05) is 11.6 Å². The van der Waals surface area contributed by atoms with Crippen molar-refractivity contribution in [2.24, 2.45) is 5.92 Å². The number of fused-ring (bicyclic) bond motifs is 3. The first-order chi connectivity index (χ1) is 17.1. The Balaban J connectivity index is 1.63. The van der Waals surface area contributed by atoms with E-state index < -0.39 is 65.1 Å². The summed E-state index contributed by atoms with van der Waals surface area (Å²) in [5.41, 5.74) is -0.415. The number of nitrogens with one attached hydrogen (secondary N) is 1. The highest BCUT2D eigenvalue weighted by atomic mass is 35.5. The van der Waals surface area contributed by atoms with E-state index in [2.05, 4.69) is 15.4 Å². The van der Waals surface area contributed by atoms with Crippen molar-refractivity contribution in [3.05, 3.63) is 64.8 Å². The second kappa shape index (κ2) is 9.05. The molecule has 5 rings (SSSR count). The molecule has 2 aliphatic rings. The van der Waals surface area contributed by atoms with Crippen molar-refractivity contribution in [2.45, 2.75) is 33.6 Å². The van der Waals surface area contributed by atoms with Crippen LogP contribution in [-0.2, 0) is 29.2 Å². The van der Waals surface area contributed by atoms with Gasteiger partial charge >= 0.3 is 0 Å². The summed E-state index contributed by atoms with van der Waals surface area (Å²) in [4.78, 5) is -0.135. The minimum atomic E-state index is -4.39. The Morgan fingerprint density at radius 3 is 2.50 bits per heavy atom. The van der Waals surface area contributed by atoms with E-state index in [0.717, 1.165) is 18.3 Å². The highest BCUT2D eigenvalue weighted by molar-refractivity contribution is 7.92. The van der Waals surface area contributed by atoms with Crippen molar-refractivity contribution in [3.63, 3.8) is 0 Å². The lowest BCUT2D eigenvalue weighted by Crippen LogP contribution is -2.57. The van der Waals surface area contributed by atoms with Crippen LogP contribution in [-0.4, -0.2) is 57.3 Å². The van der Waals surface area contributed by atoms with Crippen LogP contribution in [0.5, 0.6) is 5.75 Å². The zero-order valence-electron chi connectivity index (χ0n) is 18.5. The maximum atomic E-state index is 15.4. The summed E-state index contributed by atoms with van der Waals surface area (Å²) in [7, 11) is -8.25. The van der Waals surface area contributed by atoms with Crippen molar-refractivity contribution >= 4 is 31.3 Å². The Kier molecular flexibility index (Phi) is 6.30. The Hall–Kier alpha value is -2.61. The van der Waals surface area contributed by atoms with Crippen LogP contribution in [0.15, 0.2) is 52.5 Å². The molecule has 1 saturated heterocycles. The van der Waals surface area contributed by atoms with Gasteiger partial charge in [-0.05, 0) is 49.2 Å². The number of hydrogen-bond donors (Lipinski definition) is 1. The monoisotopic (exact) mass is 559 g/mol. The number of nitrogens with zero attached hydrogens (tertiary/aromatic N) is 2. The van der Waals surface area contributed by atoms with E-state index in [4.69, 9.17) is 21.1 Å². The normalized spacial score (nSPS) is 24.0. The van der Waals surface area contributed by atoms with E-state index >= 15 is 4.39 Å². The van der Waals surface area contributed by atoms with Crippen molar-refractivity contribution in [3.8, 4) is 5.75 Å². The third-order valence-corrected chi connectivity index (χ3v) is 11.2. The van der Waals surface area contributed by atoms with E-state index in [9.17, 15) is 21.2 Å². The van der Waals surface area contributed by atoms with Gasteiger partial charge in [0.2, 0.25) is 0 Å². The lowest BCUT2D eigenvalue weighted by molar-refractivity contribution is -0.0732. The van der Waals surface area contributed by atoms with Crippen molar-refractivity contribution in [2.75, 3.05) is 19.0 Å². The second-order valence-electron chi connectivity index (χ2n) is 8.57. The lowest BCUT2D eigenvalue weighted by atomic mass is 9.75. The highest BCUT2D eigenvalue weighted by Gasteiger charge is 2.61. The summed E-state index contributed by atoms with van der Waals surface area (Å²) >= 11 is 5.95. The molecule has 1 aromatic heterocycles. The molecule has 1 N–H and O–H groups in total. The fraction of sp³-hybridized carbons (Fsp3) is 0.364. The molecule has 3 heterocycles.